The minimum atomic E-state index is -0.990. The van der Waals surface area contributed by atoms with Crippen LogP contribution in [0.4, 0.5) is 0 Å². The number of nitrogens with zero attached hydrogens (tertiary/aromatic N) is 1. The van der Waals surface area contributed by atoms with E-state index in [0.717, 1.165) is 5.75 Å². The van der Waals surface area contributed by atoms with E-state index in [9.17, 15) is 14.7 Å². The Morgan fingerprint density at radius 2 is 2.16 bits per heavy atom. The minimum Gasteiger partial charge on any atom is -0.507 e. The second-order valence-corrected chi connectivity index (χ2v) is 6.41. The molecular weight excluding hydrogens is 381 g/mol. The van der Waals surface area contributed by atoms with Crippen LogP contribution >= 0.6 is 34.4 Å². The lowest BCUT2D eigenvalue weighted by Crippen LogP contribution is -2.50. The van der Waals surface area contributed by atoms with Crippen molar-refractivity contribution in [2.75, 3.05) is 18.1 Å². The van der Waals surface area contributed by atoms with E-state index in [1.807, 2.05) is 22.6 Å². The molecule has 1 fully saturated rings. The summed E-state index contributed by atoms with van der Waals surface area (Å²) in [5.74, 6) is -0.178. The van der Waals surface area contributed by atoms with Gasteiger partial charge in [0.15, 0.2) is 0 Å². The van der Waals surface area contributed by atoms with E-state index < -0.39 is 12.0 Å². The molecule has 2 rings (SSSR count). The number of carboxylic acid groups (broad SMARTS) is 1. The fourth-order valence-corrected chi connectivity index (χ4v) is 3.24. The Hall–Kier alpha value is -0.960. The predicted molar refractivity (Wildman–Crippen MR) is 80.6 cm³/mol. The number of amides is 1. The van der Waals surface area contributed by atoms with Gasteiger partial charge in [-0.3, -0.25) is 4.79 Å². The second-order valence-electron chi connectivity index (χ2n) is 4.09. The maximum Gasteiger partial charge on any atom is 0.327 e. The van der Waals surface area contributed by atoms with Crippen LogP contribution in [0.3, 0.4) is 0 Å². The monoisotopic (exact) mass is 393 g/mol. The van der Waals surface area contributed by atoms with Gasteiger partial charge in [0, 0.05) is 23.6 Å². The molecule has 0 aromatic heterocycles. The van der Waals surface area contributed by atoms with Gasteiger partial charge < -0.3 is 15.1 Å². The van der Waals surface area contributed by atoms with Gasteiger partial charge in [-0.15, -0.1) is 0 Å². The van der Waals surface area contributed by atoms with E-state index in [2.05, 4.69) is 0 Å². The topological polar surface area (TPSA) is 77.8 Å². The molecule has 0 aliphatic carbocycles. The molecule has 5 nitrogen and oxygen atoms in total. The molecule has 102 valence electrons. The third kappa shape index (κ3) is 3.14. The van der Waals surface area contributed by atoms with Gasteiger partial charge >= 0.3 is 5.97 Å². The zero-order chi connectivity index (χ0) is 14.0. The molecule has 19 heavy (non-hydrogen) atoms. The normalized spacial score (nSPS) is 19.2. The number of halogens is 1. The van der Waals surface area contributed by atoms with Gasteiger partial charge in [-0.1, -0.05) is 0 Å². The number of carboxylic acids is 1. The van der Waals surface area contributed by atoms with E-state index in [4.69, 9.17) is 5.11 Å². The molecule has 1 aromatic rings. The number of carbonyl (C=O) groups is 2. The number of aliphatic carboxylic acids is 1. The first-order chi connectivity index (χ1) is 9.00. The molecule has 1 aliphatic heterocycles. The summed E-state index contributed by atoms with van der Waals surface area (Å²) in [6, 6.07) is 3.82. The number of hydrogen-bond donors (Lipinski definition) is 2. The molecule has 1 heterocycles. The summed E-state index contributed by atoms with van der Waals surface area (Å²) < 4.78 is 0.651. The number of hydrogen-bond acceptors (Lipinski definition) is 4. The Bertz CT molecular complexity index is 522. The summed E-state index contributed by atoms with van der Waals surface area (Å²) in [5, 5.41) is 18.8. The zero-order valence-corrected chi connectivity index (χ0v) is 12.8. The van der Waals surface area contributed by atoms with Gasteiger partial charge in [-0.25, -0.2) is 4.79 Å². The molecule has 1 aliphatic rings. The average Bonchev–Trinajstić information content (AvgIpc) is 2.41. The molecule has 1 aromatic carbocycles. The van der Waals surface area contributed by atoms with Gasteiger partial charge in [0.05, 0.1) is 3.57 Å². The number of phenolic OH excluding ortho intramolecular Hbond substituents is 1. The predicted octanol–water partition coefficient (Wildman–Crippen LogP) is 1.64. The van der Waals surface area contributed by atoms with Crippen LogP contribution in [0.5, 0.6) is 5.75 Å². The van der Waals surface area contributed by atoms with Crippen molar-refractivity contribution >= 4 is 46.2 Å². The number of carbonyl (C=O) groups excluding carboxylic acids is 1. The third-order valence-electron chi connectivity index (χ3n) is 2.87. The Labute approximate surface area is 128 Å². The van der Waals surface area contributed by atoms with Gasteiger partial charge in [0.2, 0.25) is 0 Å². The molecule has 2 N–H and O–H groups in total. The highest BCUT2D eigenvalue weighted by Crippen LogP contribution is 2.24. The number of phenols is 1. The fourth-order valence-electron chi connectivity index (χ4n) is 1.86. The molecule has 0 bridgehead atoms. The lowest BCUT2D eigenvalue weighted by molar-refractivity contribution is -0.141. The SMILES string of the molecule is O=C(O)C1CSCCN1C(=O)c1ccc(I)c(O)c1. The first kappa shape index (κ1) is 14.4. The molecule has 0 spiro atoms. The molecule has 0 radical (unpaired) electrons. The standard InChI is InChI=1S/C12H12INO4S/c13-8-2-1-7(5-10(8)15)11(16)14-3-4-19-6-9(14)12(17)18/h1-2,5,9,15H,3-4,6H2,(H,17,18). The van der Waals surface area contributed by atoms with Crippen LogP contribution in [0.15, 0.2) is 18.2 Å². The Morgan fingerprint density at radius 1 is 1.42 bits per heavy atom. The highest BCUT2D eigenvalue weighted by atomic mass is 127. The summed E-state index contributed by atoms with van der Waals surface area (Å²) in [6.07, 6.45) is 0. The third-order valence-corrected chi connectivity index (χ3v) is 4.80. The molecule has 1 amide bonds. The molecule has 1 saturated heterocycles. The van der Waals surface area contributed by atoms with Crippen molar-refractivity contribution in [3.05, 3.63) is 27.3 Å². The van der Waals surface area contributed by atoms with E-state index >= 15 is 0 Å². The smallest absolute Gasteiger partial charge is 0.327 e. The summed E-state index contributed by atoms with van der Waals surface area (Å²) in [4.78, 5) is 24.8. The van der Waals surface area contributed by atoms with Gasteiger partial charge in [-0.2, -0.15) is 11.8 Å². The molecule has 1 atom stereocenters. The van der Waals surface area contributed by atoms with E-state index in [1.165, 1.54) is 22.7 Å². The number of aromatic hydroxyl groups is 1. The lowest BCUT2D eigenvalue weighted by atomic mass is 10.1. The van der Waals surface area contributed by atoms with Crippen molar-refractivity contribution in [2.45, 2.75) is 6.04 Å². The first-order valence-electron chi connectivity index (χ1n) is 5.60. The number of thioether (sulfide) groups is 1. The van der Waals surface area contributed by atoms with Crippen LogP contribution in [0, 0.1) is 3.57 Å². The van der Waals surface area contributed by atoms with Crippen molar-refractivity contribution < 1.29 is 19.8 Å². The van der Waals surface area contributed by atoms with Gasteiger partial charge in [0.25, 0.3) is 5.91 Å². The van der Waals surface area contributed by atoms with Crippen LogP contribution in [0.25, 0.3) is 0 Å². The maximum atomic E-state index is 12.3. The van der Waals surface area contributed by atoms with Crippen LogP contribution in [0.2, 0.25) is 0 Å². The number of rotatable bonds is 2. The van der Waals surface area contributed by atoms with Crippen LogP contribution in [-0.2, 0) is 4.79 Å². The van der Waals surface area contributed by atoms with E-state index in [1.54, 1.807) is 12.1 Å². The Morgan fingerprint density at radius 3 is 2.79 bits per heavy atom. The van der Waals surface area contributed by atoms with Crippen LogP contribution < -0.4 is 0 Å². The van der Waals surface area contributed by atoms with Crippen molar-refractivity contribution in [3.8, 4) is 5.75 Å². The van der Waals surface area contributed by atoms with Crippen molar-refractivity contribution in [2.24, 2.45) is 0 Å². The Balaban J connectivity index is 2.26. The highest BCUT2D eigenvalue weighted by Gasteiger charge is 2.32. The Kier molecular flexibility index (Phi) is 4.56. The summed E-state index contributed by atoms with van der Waals surface area (Å²) in [5.41, 5.74) is 0.316. The summed E-state index contributed by atoms with van der Waals surface area (Å²) >= 11 is 3.49. The van der Waals surface area contributed by atoms with Crippen molar-refractivity contribution in [1.29, 1.82) is 0 Å². The number of benzene rings is 1. The van der Waals surface area contributed by atoms with Crippen LogP contribution in [-0.4, -0.2) is 51.1 Å². The quantitative estimate of drug-likeness (QED) is 0.748. The second kappa shape index (κ2) is 6.00. The first-order valence-corrected chi connectivity index (χ1v) is 7.84. The molecule has 7 heteroatoms. The summed E-state index contributed by atoms with van der Waals surface area (Å²) in [7, 11) is 0. The molecular formula is C12H12INO4S. The van der Waals surface area contributed by atoms with Gasteiger partial charge in [0.1, 0.15) is 11.8 Å². The van der Waals surface area contributed by atoms with E-state index in [-0.39, 0.29) is 11.7 Å². The lowest BCUT2D eigenvalue weighted by Gasteiger charge is -2.32. The highest BCUT2D eigenvalue weighted by molar-refractivity contribution is 14.1. The maximum absolute atomic E-state index is 12.3. The van der Waals surface area contributed by atoms with Gasteiger partial charge in [-0.05, 0) is 40.8 Å². The average molecular weight is 393 g/mol. The van der Waals surface area contributed by atoms with Crippen LogP contribution in [0.1, 0.15) is 10.4 Å². The molecule has 0 saturated carbocycles. The fraction of sp³-hybridized carbons (Fsp3) is 0.333. The zero-order valence-electron chi connectivity index (χ0n) is 9.88. The minimum absolute atomic E-state index is 0.0321. The molecule has 1 unspecified atom stereocenters. The van der Waals surface area contributed by atoms with Crippen molar-refractivity contribution in [1.82, 2.24) is 4.90 Å². The largest absolute Gasteiger partial charge is 0.507 e. The van der Waals surface area contributed by atoms with Crippen molar-refractivity contribution in [3.63, 3.8) is 0 Å². The summed E-state index contributed by atoms with van der Waals surface area (Å²) in [6.45, 7) is 0.410. The van der Waals surface area contributed by atoms with E-state index in [0.29, 0.717) is 21.4 Å².